The monoisotopic (exact) mass is 367 g/mol. The Bertz CT molecular complexity index is 609. The molecule has 1 unspecified atom stereocenters. The standard InChI is InChI=1S/C19H23Cl2NO2/c1-2-24-12-5-3-11(4-6-12)22-18(23)17-13-7-9-15-16(19(15,20)21)10-8-14(13)17/h3-6,13-17H,2,7-10H2,1H3,(H,22,23)/t13-,14+,15-,16+,17?. The molecule has 0 spiro atoms. The van der Waals surface area contributed by atoms with Crippen molar-refractivity contribution in [1.82, 2.24) is 0 Å². The lowest BCUT2D eigenvalue weighted by atomic mass is 10.0. The van der Waals surface area contributed by atoms with Crippen molar-refractivity contribution in [3.05, 3.63) is 24.3 Å². The molecule has 5 heteroatoms. The van der Waals surface area contributed by atoms with Crippen LogP contribution in [0.4, 0.5) is 5.69 Å². The quantitative estimate of drug-likeness (QED) is 0.770. The van der Waals surface area contributed by atoms with Gasteiger partial charge in [0.1, 0.15) is 10.1 Å². The van der Waals surface area contributed by atoms with Crippen LogP contribution in [0.5, 0.6) is 5.75 Å². The Hall–Kier alpha value is -0.930. The smallest absolute Gasteiger partial charge is 0.228 e. The fourth-order valence-corrected chi connectivity index (χ4v) is 5.56. The summed E-state index contributed by atoms with van der Waals surface area (Å²) in [6.45, 7) is 2.60. The Kier molecular flexibility index (Phi) is 4.20. The molecule has 0 aliphatic heterocycles. The Morgan fingerprint density at radius 3 is 2.25 bits per heavy atom. The van der Waals surface area contributed by atoms with E-state index in [4.69, 9.17) is 27.9 Å². The van der Waals surface area contributed by atoms with Crippen molar-refractivity contribution >= 4 is 34.8 Å². The van der Waals surface area contributed by atoms with E-state index in [-0.39, 0.29) is 11.8 Å². The first kappa shape index (κ1) is 16.5. The molecule has 0 saturated heterocycles. The summed E-state index contributed by atoms with van der Waals surface area (Å²) in [5.74, 6) is 3.06. The number of carbonyl (C=O) groups excluding carboxylic acids is 1. The van der Waals surface area contributed by atoms with Crippen molar-refractivity contribution < 1.29 is 9.53 Å². The van der Waals surface area contributed by atoms with Crippen molar-refractivity contribution in [2.75, 3.05) is 11.9 Å². The van der Waals surface area contributed by atoms with E-state index in [1.54, 1.807) is 0 Å². The van der Waals surface area contributed by atoms with Gasteiger partial charge in [-0.2, -0.15) is 0 Å². The van der Waals surface area contributed by atoms with Gasteiger partial charge in [0.25, 0.3) is 0 Å². The molecule has 3 aliphatic carbocycles. The van der Waals surface area contributed by atoms with Crippen LogP contribution in [-0.2, 0) is 4.79 Å². The Morgan fingerprint density at radius 1 is 1.12 bits per heavy atom. The SMILES string of the molecule is CCOc1ccc(NC(=O)C2[C@H]3CC[C@H]4[C@@H](CC[C@@H]23)C4(Cl)Cl)cc1. The number of rotatable bonds is 4. The highest BCUT2D eigenvalue weighted by Crippen LogP contribution is 2.67. The van der Waals surface area contributed by atoms with Crippen LogP contribution in [0.1, 0.15) is 32.6 Å². The molecule has 24 heavy (non-hydrogen) atoms. The Balaban J connectivity index is 1.33. The maximum absolute atomic E-state index is 12.6. The van der Waals surface area contributed by atoms with Crippen LogP contribution in [-0.4, -0.2) is 16.8 Å². The lowest BCUT2D eigenvalue weighted by molar-refractivity contribution is -0.117. The molecule has 3 fully saturated rings. The molecule has 3 saturated carbocycles. The molecule has 0 aromatic heterocycles. The summed E-state index contributed by atoms with van der Waals surface area (Å²) in [5, 5.41) is 3.06. The van der Waals surface area contributed by atoms with Crippen molar-refractivity contribution in [2.24, 2.45) is 29.6 Å². The molecule has 0 bridgehead atoms. The zero-order valence-electron chi connectivity index (χ0n) is 13.8. The molecule has 3 nitrogen and oxygen atoms in total. The zero-order chi connectivity index (χ0) is 16.9. The molecule has 5 atom stereocenters. The molecular formula is C19H23Cl2NO2. The molecule has 4 rings (SSSR count). The third-order valence-corrected chi connectivity index (χ3v) is 7.18. The number of fused-ring (bicyclic) bond motifs is 2. The molecule has 3 aliphatic rings. The number of ether oxygens (including phenoxy) is 1. The third kappa shape index (κ3) is 2.90. The van der Waals surface area contributed by atoms with E-state index in [1.165, 1.54) is 0 Å². The second-order valence-electron chi connectivity index (χ2n) is 7.34. The van der Waals surface area contributed by atoms with E-state index in [9.17, 15) is 4.79 Å². The van der Waals surface area contributed by atoms with Crippen LogP contribution in [0.2, 0.25) is 0 Å². The topological polar surface area (TPSA) is 38.3 Å². The number of alkyl halides is 2. The van der Waals surface area contributed by atoms with Gasteiger partial charge in [-0.05, 0) is 80.5 Å². The summed E-state index contributed by atoms with van der Waals surface area (Å²) < 4.78 is 4.94. The number of hydrogen-bond acceptors (Lipinski definition) is 2. The highest BCUT2D eigenvalue weighted by Gasteiger charge is 2.65. The molecule has 1 aromatic carbocycles. The van der Waals surface area contributed by atoms with Crippen LogP contribution >= 0.6 is 23.2 Å². The lowest BCUT2D eigenvalue weighted by Crippen LogP contribution is -2.15. The van der Waals surface area contributed by atoms with Crippen LogP contribution < -0.4 is 10.1 Å². The van der Waals surface area contributed by atoms with E-state index >= 15 is 0 Å². The predicted molar refractivity (Wildman–Crippen MR) is 96.6 cm³/mol. The second-order valence-corrected chi connectivity index (χ2v) is 8.79. The van der Waals surface area contributed by atoms with Gasteiger partial charge in [-0.1, -0.05) is 0 Å². The largest absolute Gasteiger partial charge is 0.494 e. The van der Waals surface area contributed by atoms with Crippen molar-refractivity contribution in [2.45, 2.75) is 36.9 Å². The molecule has 1 N–H and O–H groups in total. The Morgan fingerprint density at radius 2 is 1.71 bits per heavy atom. The van der Waals surface area contributed by atoms with Gasteiger partial charge in [0.15, 0.2) is 0 Å². The van der Waals surface area contributed by atoms with Crippen molar-refractivity contribution in [3.8, 4) is 5.75 Å². The van der Waals surface area contributed by atoms with Crippen LogP contribution in [0.25, 0.3) is 0 Å². The lowest BCUT2D eigenvalue weighted by Gasteiger charge is -2.07. The average Bonchev–Trinajstić information content (AvgIpc) is 3.34. The van der Waals surface area contributed by atoms with Gasteiger partial charge >= 0.3 is 0 Å². The first-order chi connectivity index (χ1) is 11.5. The van der Waals surface area contributed by atoms with Crippen LogP contribution in [0.3, 0.4) is 0 Å². The maximum atomic E-state index is 12.6. The molecule has 1 aromatic rings. The molecule has 0 heterocycles. The highest BCUT2D eigenvalue weighted by atomic mass is 35.5. The Labute approximate surface area is 153 Å². The van der Waals surface area contributed by atoms with E-state index < -0.39 is 4.33 Å². The summed E-state index contributed by atoms with van der Waals surface area (Å²) in [6, 6.07) is 7.59. The average molecular weight is 368 g/mol. The van der Waals surface area contributed by atoms with Crippen LogP contribution in [0.15, 0.2) is 24.3 Å². The maximum Gasteiger partial charge on any atom is 0.228 e. The van der Waals surface area contributed by atoms with Gasteiger partial charge in [0.2, 0.25) is 5.91 Å². The van der Waals surface area contributed by atoms with Gasteiger partial charge in [-0.3, -0.25) is 4.79 Å². The summed E-state index contributed by atoms with van der Waals surface area (Å²) in [6.07, 6.45) is 4.28. The number of nitrogens with one attached hydrogen (secondary N) is 1. The summed E-state index contributed by atoms with van der Waals surface area (Å²) in [4.78, 5) is 12.6. The number of amides is 1. The molecule has 130 valence electrons. The molecule has 1 amide bonds. The third-order valence-electron chi connectivity index (χ3n) is 6.05. The first-order valence-electron chi connectivity index (χ1n) is 8.94. The van der Waals surface area contributed by atoms with Crippen molar-refractivity contribution in [1.29, 1.82) is 0 Å². The fourth-order valence-electron chi connectivity index (χ4n) is 4.64. The fraction of sp³-hybridized carbons (Fsp3) is 0.632. The molecule has 0 radical (unpaired) electrons. The molecular weight excluding hydrogens is 345 g/mol. The normalized spacial score (nSPS) is 35.7. The number of carbonyl (C=O) groups is 1. The second kappa shape index (κ2) is 6.10. The minimum Gasteiger partial charge on any atom is -0.494 e. The van der Waals surface area contributed by atoms with E-state index in [2.05, 4.69) is 5.32 Å². The van der Waals surface area contributed by atoms with E-state index in [1.807, 2.05) is 31.2 Å². The van der Waals surface area contributed by atoms with Gasteiger partial charge in [0.05, 0.1) is 6.61 Å². The minimum absolute atomic E-state index is 0.160. The number of anilines is 1. The van der Waals surface area contributed by atoms with E-state index in [0.29, 0.717) is 30.3 Å². The number of benzene rings is 1. The summed E-state index contributed by atoms with van der Waals surface area (Å²) >= 11 is 12.7. The van der Waals surface area contributed by atoms with Gasteiger partial charge in [-0.25, -0.2) is 0 Å². The van der Waals surface area contributed by atoms with Crippen LogP contribution in [0, 0.1) is 29.6 Å². The highest BCUT2D eigenvalue weighted by molar-refractivity contribution is 6.51. The minimum atomic E-state index is -0.489. The van der Waals surface area contributed by atoms with Gasteiger partial charge in [-0.15, -0.1) is 23.2 Å². The van der Waals surface area contributed by atoms with E-state index in [0.717, 1.165) is 37.1 Å². The zero-order valence-corrected chi connectivity index (χ0v) is 15.3. The number of halogens is 2. The summed E-state index contributed by atoms with van der Waals surface area (Å²) in [5.41, 5.74) is 0.839. The summed E-state index contributed by atoms with van der Waals surface area (Å²) in [7, 11) is 0. The van der Waals surface area contributed by atoms with Gasteiger partial charge < -0.3 is 10.1 Å². The van der Waals surface area contributed by atoms with Gasteiger partial charge in [0, 0.05) is 11.6 Å². The first-order valence-corrected chi connectivity index (χ1v) is 9.69. The predicted octanol–water partition coefficient (Wildman–Crippen LogP) is 4.88. The number of hydrogen-bond donors (Lipinski definition) is 1. The van der Waals surface area contributed by atoms with Crippen molar-refractivity contribution in [3.63, 3.8) is 0 Å².